The van der Waals surface area contributed by atoms with Crippen molar-refractivity contribution < 1.29 is 96.8 Å². The summed E-state index contributed by atoms with van der Waals surface area (Å²) in [5.41, 5.74) is 25.0. The van der Waals surface area contributed by atoms with E-state index < -0.39 is 241 Å². The van der Waals surface area contributed by atoms with Crippen molar-refractivity contribution >= 4 is 162 Å². The summed E-state index contributed by atoms with van der Waals surface area (Å²) in [5.74, 6) is -17.9. The zero-order valence-corrected chi connectivity index (χ0v) is 77.6. The molecule has 17 amide bonds. The third-order valence-electron chi connectivity index (χ3n) is 23.2. The predicted octanol–water partition coefficient (Wildman–Crippen LogP) is -3.64. The van der Waals surface area contributed by atoms with Gasteiger partial charge in [-0.15, -0.1) is 23.1 Å². The number of aliphatic hydroxyl groups is 2. The van der Waals surface area contributed by atoms with E-state index in [0.29, 0.717) is 45.8 Å². The van der Waals surface area contributed by atoms with E-state index >= 15 is 33.6 Å². The van der Waals surface area contributed by atoms with Crippen LogP contribution in [0.5, 0.6) is 5.75 Å². The molecule has 5 aromatic rings. The van der Waals surface area contributed by atoms with Gasteiger partial charge >= 0.3 is 0 Å². The average molecular weight is 1890 g/mol. The minimum Gasteiger partial charge on any atom is -0.508 e. The van der Waals surface area contributed by atoms with Gasteiger partial charge in [-0.25, -0.2) is 0 Å². The number of thioether (sulfide) groups is 2. The lowest BCUT2D eigenvalue weighted by molar-refractivity contribution is -0.149. The number of amides is 17. The van der Waals surface area contributed by atoms with Crippen LogP contribution < -0.4 is 81.4 Å². The maximum absolute atomic E-state index is 15.7. The van der Waals surface area contributed by atoms with Crippen LogP contribution in [0.15, 0.2) is 84.4 Å². The van der Waals surface area contributed by atoms with Crippen LogP contribution in [-0.4, -0.2) is 326 Å². The molecule has 132 heavy (non-hydrogen) atoms. The number of likely N-dealkylation sites (N-methyl/N-ethyl adjacent to an activating group) is 3. The van der Waals surface area contributed by atoms with Crippen molar-refractivity contribution in [3.05, 3.63) is 101 Å². The monoisotopic (exact) mass is 1890 g/mol. The van der Waals surface area contributed by atoms with Crippen LogP contribution >= 0.6 is 34.9 Å². The molecular weight excluding hydrogens is 1770 g/mol. The molecule has 0 spiro atoms. The van der Waals surface area contributed by atoms with Gasteiger partial charge in [0, 0.05) is 101 Å². The van der Waals surface area contributed by atoms with Gasteiger partial charge in [0.25, 0.3) is 0 Å². The molecule has 3 fully saturated rings. The Morgan fingerprint density at radius 1 is 0.598 bits per heavy atom. The number of benzene rings is 3. The van der Waals surface area contributed by atoms with E-state index in [9.17, 15) is 63.3 Å². The van der Waals surface area contributed by atoms with E-state index in [1.54, 1.807) is 62.0 Å². The fourth-order valence-electron chi connectivity index (χ4n) is 15.9. The molecule has 0 radical (unpaired) electrons. The quantitative estimate of drug-likeness (QED) is 0.0152. The zero-order chi connectivity index (χ0) is 96.9. The molecule has 0 saturated carbocycles. The maximum atomic E-state index is 15.7. The summed E-state index contributed by atoms with van der Waals surface area (Å²) in [5, 5.41) is 72.4. The highest BCUT2D eigenvalue weighted by Crippen LogP contribution is 2.30. The van der Waals surface area contributed by atoms with Gasteiger partial charge in [-0.2, -0.15) is 11.8 Å². The number of hydrogen-bond acceptors (Lipinski definition) is 25. The molecule has 0 aliphatic carbocycles. The summed E-state index contributed by atoms with van der Waals surface area (Å²) in [6.07, 6.45) is 0.616. The number of guanidine groups is 1. The maximum Gasteiger partial charge on any atom is 0.246 e. The Kier molecular flexibility index (Phi) is 40.2. The Morgan fingerprint density at radius 3 is 1.86 bits per heavy atom. The van der Waals surface area contributed by atoms with E-state index in [-0.39, 0.29) is 101 Å². The second-order valence-electron chi connectivity index (χ2n) is 33.5. The van der Waals surface area contributed by atoms with Gasteiger partial charge < -0.3 is 126 Å². The highest BCUT2D eigenvalue weighted by Gasteiger charge is 2.47. The molecule has 3 aliphatic rings. The van der Waals surface area contributed by atoms with Gasteiger partial charge in [-0.1, -0.05) is 82.1 Å². The van der Waals surface area contributed by atoms with E-state index in [0.717, 1.165) is 41.0 Å². The van der Waals surface area contributed by atoms with Crippen LogP contribution in [0.3, 0.4) is 0 Å². The molecule has 720 valence electrons. The van der Waals surface area contributed by atoms with Gasteiger partial charge in [0.2, 0.25) is 100 Å². The Morgan fingerprint density at radius 2 is 1.19 bits per heavy atom. The van der Waals surface area contributed by atoms with E-state index in [1.165, 1.54) is 75.4 Å². The number of nitrogens with one attached hydrogen (secondary N) is 13. The number of aliphatic hydroxyl groups excluding tert-OH is 2. The molecule has 1 unspecified atom stereocenters. The largest absolute Gasteiger partial charge is 0.508 e. The fourth-order valence-corrected chi connectivity index (χ4v) is 18.2. The van der Waals surface area contributed by atoms with Crippen molar-refractivity contribution in [3.8, 4) is 5.75 Å². The zero-order valence-electron chi connectivity index (χ0n) is 75.1. The minimum absolute atomic E-state index is 0.00864. The third-order valence-corrected chi connectivity index (χ3v) is 25.9. The summed E-state index contributed by atoms with van der Waals surface area (Å²) < 4.78 is 0.810. The molecule has 45 heteroatoms. The SMILES string of the molecule is CCCC[C@H]1C(=O)N(C)[C@@H](CCSC)C(=O)N[C@@H](CCCNC(=N)N)C(=O)NC(C(=O)NCC(N)=O)CSCC(=O)N[C@@H](Cc2ccc(O)cc2)C(=O)N(C)[C@@H](C)C(=O)N[C@@H](CC(N)=O)C(=O)N2CCC[C@H]2C(=O)N[C@@H](CN)C(=O)N[C@@H](CC(C)C)C(=O)N2C[C@H](O)C[C@H]2C(=O)N[C@@H](Cc2c[nH]c3ccccc23)C(=O)N[C@@H](CO)C(=O)N[C@@H](Cc2csc3ccccc23)C(=O)N1C. The molecule has 8 rings (SSSR count). The molecule has 24 N–H and O–H groups in total. The lowest BCUT2D eigenvalue weighted by Gasteiger charge is -2.36. The number of aromatic hydroxyl groups is 1. The molecule has 0 bridgehead atoms. The van der Waals surface area contributed by atoms with E-state index in [4.69, 9.17) is 28.3 Å². The summed E-state index contributed by atoms with van der Waals surface area (Å²) in [6.45, 7) is 3.56. The second kappa shape index (κ2) is 50.4. The van der Waals surface area contributed by atoms with E-state index in [2.05, 4.69) is 63.5 Å². The Balaban J connectivity index is 1.19. The first kappa shape index (κ1) is 105. The topological polar surface area (TPSA) is 643 Å². The third kappa shape index (κ3) is 29.4. The number of aromatic nitrogens is 1. The van der Waals surface area contributed by atoms with Crippen LogP contribution in [0.25, 0.3) is 21.0 Å². The van der Waals surface area contributed by atoms with Crippen molar-refractivity contribution in [2.24, 2.45) is 28.9 Å². The average Bonchev–Trinajstić information content (AvgIpc) is 1.60. The first-order valence-corrected chi connectivity index (χ1v) is 47.1. The lowest BCUT2D eigenvalue weighted by Crippen LogP contribution is -2.62. The first-order valence-electron chi connectivity index (χ1n) is 43.7. The highest BCUT2D eigenvalue weighted by atomic mass is 32.2. The molecular formula is C87H124N22O20S3. The molecule has 3 aliphatic heterocycles. The summed E-state index contributed by atoms with van der Waals surface area (Å²) in [6, 6.07) is -2.09. The summed E-state index contributed by atoms with van der Waals surface area (Å²) in [7, 11) is 3.89. The minimum atomic E-state index is -1.88. The van der Waals surface area contributed by atoms with Gasteiger partial charge in [0.15, 0.2) is 5.96 Å². The highest BCUT2D eigenvalue weighted by molar-refractivity contribution is 8.00. The van der Waals surface area contributed by atoms with E-state index in [1.807, 2.05) is 25.1 Å². The number of carbonyl (C=O) groups excluding carboxylic acids is 17. The van der Waals surface area contributed by atoms with Crippen LogP contribution in [0.1, 0.15) is 115 Å². The molecule has 2 aromatic heterocycles. The number of phenolic OH excluding ortho intramolecular Hbond substituents is 1. The number of aromatic amines is 1. The van der Waals surface area contributed by atoms with Crippen molar-refractivity contribution in [3.63, 3.8) is 0 Å². The molecule has 3 aromatic carbocycles. The number of phenols is 1. The molecule has 15 atom stereocenters. The number of carbonyl (C=O) groups is 17. The Bertz CT molecular complexity index is 4960. The Hall–Kier alpha value is -12.2. The van der Waals surface area contributed by atoms with Crippen LogP contribution in [-0.2, 0) is 101 Å². The van der Waals surface area contributed by atoms with Crippen molar-refractivity contribution in [1.82, 2.24) is 88.0 Å². The number of hydrogen-bond donors (Lipinski definition) is 20. The fraction of sp³-hybridized carbons (Fsp3) is 0.540. The van der Waals surface area contributed by atoms with Gasteiger partial charge in [0.05, 0.1) is 31.4 Å². The number of fused-ring (bicyclic) bond motifs is 4. The number of primary amides is 2. The summed E-state index contributed by atoms with van der Waals surface area (Å²) >= 11 is 3.42. The van der Waals surface area contributed by atoms with Gasteiger partial charge in [-0.3, -0.25) is 86.9 Å². The number of thiophene rings is 1. The number of H-pyrrole nitrogens is 1. The lowest BCUT2D eigenvalue weighted by atomic mass is 10.0. The standard InChI is InChI=1S/C87H124N22O20S3/c1-9-10-21-67-86(129)106(6)65(28-31-130-8)79(122)97-56(20-15-29-93-87(91)92)75(118)104-64(74(117)95-40-71(90)114)44-131-45-72(115)96-59(33-48-24-26-51(111)27-25-48)82(125)105(5)47(4)73(116)99-61(37-70(89)113)84(127)108-30-16-22-66(108)80(123)102-62(38-88)77(120)100-58(32-46(2)3)85(128)109-41-52(112)36-68(109)81(124)98-57(34-49-39-94-55-19-13-11-17-53(49)55)76(119)103-63(42-110)78(121)101-60(83(126)107(67)7)35-50-43-132-69-23-14-12-18-54(50)69/h11-14,17-19,23-27,39,43,46-47,52,56-68,94,110-112H,9-10,15-16,20-22,28-38,40-42,44-45,88H2,1-8H3,(H2,89,113)(H2,90,114)(H,95,117)(H,96,115)(H,97,122)(H,98,124)(H,99,116)(H,100,120)(H,101,121)(H,102,123)(H,103,119)(H,104,118)(H4,91,92,93)/t47-,52+,56-,57-,58-,59-,60-,61-,62-,63-,64?,65-,66-,67-,68-/m0/s1. The van der Waals surface area contributed by atoms with Crippen LogP contribution in [0.2, 0.25) is 0 Å². The normalized spacial score (nSPS) is 25.1. The van der Waals surface area contributed by atoms with Crippen molar-refractivity contribution in [2.45, 2.75) is 208 Å². The number of rotatable bonds is 25. The number of nitrogens with zero attached hydrogens (tertiary/aromatic N) is 5. The molecule has 5 heterocycles. The summed E-state index contributed by atoms with van der Waals surface area (Å²) in [4.78, 5) is 257. The first-order chi connectivity index (χ1) is 62.8. The van der Waals surface area contributed by atoms with Gasteiger partial charge in [0.1, 0.15) is 90.3 Å². The number of unbranched alkanes of at least 4 members (excludes halogenated alkanes) is 1. The second-order valence-corrected chi connectivity index (χ2v) is 36.4. The predicted molar refractivity (Wildman–Crippen MR) is 494 cm³/mol. The van der Waals surface area contributed by atoms with Gasteiger partial charge in [-0.05, 0) is 122 Å². The number of para-hydroxylation sites is 1. The van der Waals surface area contributed by atoms with Crippen LogP contribution in [0, 0.1) is 11.3 Å². The number of nitrogens with two attached hydrogens (primary N) is 4. The molecule has 3 saturated heterocycles. The smallest absolute Gasteiger partial charge is 0.246 e. The molecule has 42 nitrogen and oxygen atoms in total. The Labute approximate surface area is 776 Å². The van der Waals surface area contributed by atoms with Crippen LogP contribution in [0.4, 0.5) is 0 Å². The van der Waals surface area contributed by atoms with Crippen molar-refractivity contribution in [2.75, 3.05) is 84.0 Å². The van der Waals surface area contributed by atoms with Crippen molar-refractivity contribution in [1.29, 1.82) is 5.41 Å².